The second-order valence-corrected chi connectivity index (χ2v) is 13.0. The number of fused-ring (bicyclic) bond motifs is 1. The topological polar surface area (TPSA) is 120 Å². The first kappa shape index (κ1) is 32.5. The Labute approximate surface area is 276 Å². The van der Waals surface area contributed by atoms with Gasteiger partial charge >= 0.3 is 0 Å². The van der Waals surface area contributed by atoms with Crippen LogP contribution < -0.4 is 20.7 Å². The number of nitrogens with one attached hydrogen (secondary N) is 3. The number of nitrogens with zero attached hydrogens (tertiary/aromatic N) is 1. The number of carbonyl (C=O) groups is 3. The predicted molar refractivity (Wildman–Crippen MR) is 184 cm³/mol. The molecule has 46 heavy (non-hydrogen) atoms. The average molecular weight is 651 g/mol. The maximum Gasteiger partial charge on any atom is 0.272 e. The lowest BCUT2D eigenvalue weighted by Gasteiger charge is -2.17. The molecule has 8 nitrogen and oxygen atoms in total. The summed E-state index contributed by atoms with van der Waals surface area (Å²) in [6, 6.07) is 25.3. The minimum Gasteiger partial charge on any atom is -0.494 e. The number of thiophene rings is 1. The second-order valence-electron chi connectivity index (χ2n) is 10.9. The molecule has 1 aliphatic rings. The zero-order valence-corrected chi connectivity index (χ0v) is 27.2. The first-order chi connectivity index (χ1) is 22.3. The Bertz CT molecular complexity index is 1790. The van der Waals surface area contributed by atoms with Gasteiger partial charge in [-0.3, -0.25) is 14.4 Å². The van der Waals surface area contributed by atoms with E-state index in [0.29, 0.717) is 45.7 Å². The van der Waals surface area contributed by atoms with E-state index in [1.165, 1.54) is 28.0 Å². The Morgan fingerprint density at radius 3 is 2.57 bits per heavy atom. The molecular weight excluding hydrogens is 617 g/mol. The van der Waals surface area contributed by atoms with E-state index in [-0.39, 0.29) is 17.4 Å². The SMILES string of the molecule is CCOc1ccc(/C=C(/NC(=O)c2ccccc2)C(=O)Nc2cccc(SCC(=O)Nc3sc4c(c3C#N)CCC(C)C4)c2)cc1. The van der Waals surface area contributed by atoms with Crippen molar-refractivity contribution in [3.63, 3.8) is 0 Å². The van der Waals surface area contributed by atoms with E-state index in [2.05, 4.69) is 28.9 Å². The summed E-state index contributed by atoms with van der Waals surface area (Å²) in [6.07, 6.45) is 4.46. The molecule has 0 saturated carbocycles. The van der Waals surface area contributed by atoms with Crippen LogP contribution in [0.15, 0.2) is 89.5 Å². The first-order valence-electron chi connectivity index (χ1n) is 15.0. The highest BCUT2D eigenvalue weighted by atomic mass is 32.2. The summed E-state index contributed by atoms with van der Waals surface area (Å²) < 4.78 is 5.51. The van der Waals surface area contributed by atoms with Gasteiger partial charge in [-0.2, -0.15) is 5.26 Å². The molecule has 0 saturated heterocycles. The minimum atomic E-state index is -0.502. The molecule has 1 unspecified atom stereocenters. The summed E-state index contributed by atoms with van der Waals surface area (Å²) in [5.41, 5.74) is 3.36. The van der Waals surface area contributed by atoms with Crippen LogP contribution in [0.5, 0.6) is 5.75 Å². The van der Waals surface area contributed by atoms with Crippen molar-refractivity contribution in [2.24, 2.45) is 5.92 Å². The molecule has 234 valence electrons. The van der Waals surface area contributed by atoms with Crippen LogP contribution in [-0.2, 0) is 22.4 Å². The highest BCUT2D eigenvalue weighted by molar-refractivity contribution is 8.00. The van der Waals surface area contributed by atoms with Crippen LogP contribution in [0, 0.1) is 17.2 Å². The molecule has 1 heterocycles. The van der Waals surface area contributed by atoms with Gasteiger partial charge in [0, 0.05) is 21.0 Å². The van der Waals surface area contributed by atoms with Crippen molar-refractivity contribution in [3.05, 3.63) is 112 Å². The van der Waals surface area contributed by atoms with Crippen molar-refractivity contribution in [1.82, 2.24) is 5.32 Å². The molecule has 0 aliphatic heterocycles. The maximum absolute atomic E-state index is 13.5. The molecule has 0 radical (unpaired) electrons. The standard InChI is InChI=1S/C36H34N4O4S2/c1-3-44-27-15-13-24(14-16-27)19-31(39-34(42)25-8-5-4-6-9-25)35(43)38-26-10-7-11-28(20-26)45-22-33(41)40-36-30(21-37)29-17-12-23(2)18-32(29)46-36/h4-11,13-16,19-20,23H,3,12,17-18,22H2,1-2H3,(H,38,43)(H,39,42)(H,40,41)/b31-19+. The molecule has 10 heteroatoms. The Morgan fingerprint density at radius 2 is 1.83 bits per heavy atom. The summed E-state index contributed by atoms with van der Waals surface area (Å²) in [5.74, 6) is 0.297. The monoisotopic (exact) mass is 650 g/mol. The third kappa shape index (κ3) is 8.44. The summed E-state index contributed by atoms with van der Waals surface area (Å²) in [6.45, 7) is 4.65. The Morgan fingerprint density at radius 1 is 1.04 bits per heavy atom. The summed E-state index contributed by atoms with van der Waals surface area (Å²) in [5, 5.41) is 18.9. The van der Waals surface area contributed by atoms with Gasteiger partial charge in [-0.15, -0.1) is 23.1 Å². The van der Waals surface area contributed by atoms with Crippen molar-refractivity contribution in [2.75, 3.05) is 23.0 Å². The third-order valence-electron chi connectivity index (χ3n) is 7.37. The van der Waals surface area contributed by atoms with E-state index in [0.717, 1.165) is 29.7 Å². The lowest BCUT2D eigenvalue weighted by Crippen LogP contribution is -2.30. The van der Waals surface area contributed by atoms with Gasteiger partial charge in [-0.05, 0) is 91.8 Å². The number of amides is 3. The summed E-state index contributed by atoms with van der Waals surface area (Å²) >= 11 is 2.83. The fourth-order valence-corrected chi connectivity index (χ4v) is 7.20. The predicted octanol–water partition coefficient (Wildman–Crippen LogP) is 7.28. The van der Waals surface area contributed by atoms with Crippen LogP contribution in [0.3, 0.4) is 0 Å². The minimum absolute atomic E-state index is 0.0665. The fourth-order valence-electron chi connectivity index (χ4n) is 5.07. The molecule has 1 aliphatic carbocycles. The van der Waals surface area contributed by atoms with E-state index >= 15 is 0 Å². The molecule has 3 aromatic carbocycles. The summed E-state index contributed by atoms with van der Waals surface area (Å²) in [7, 11) is 0. The largest absolute Gasteiger partial charge is 0.494 e. The third-order valence-corrected chi connectivity index (χ3v) is 9.53. The molecule has 3 amide bonds. The number of hydrogen-bond donors (Lipinski definition) is 3. The number of rotatable bonds is 11. The van der Waals surface area contributed by atoms with Crippen molar-refractivity contribution in [3.8, 4) is 11.8 Å². The van der Waals surface area contributed by atoms with Crippen molar-refractivity contribution >= 4 is 57.6 Å². The van der Waals surface area contributed by atoms with Crippen molar-refractivity contribution in [1.29, 1.82) is 5.26 Å². The van der Waals surface area contributed by atoms with Gasteiger partial charge in [-0.1, -0.05) is 43.3 Å². The maximum atomic E-state index is 13.5. The Hall–Kier alpha value is -4.85. The molecule has 0 spiro atoms. The van der Waals surface area contributed by atoms with Crippen LogP contribution in [-0.4, -0.2) is 30.1 Å². The number of benzene rings is 3. The number of hydrogen-bond acceptors (Lipinski definition) is 7. The van der Waals surface area contributed by atoms with Gasteiger partial charge in [0.1, 0.15) is 22.5 Å². The lowest BCUT2D eigenvalue weighted by molar-refractivity contribution is -0.114. The van der Waals surface area contributed by atoms with Gasteiger partial charge in [0.2, 0.25) is 5.91 Å². The zero-order chi connectivity index (χ0) is 32.5. The van der Waals surface area contributed by atoms with Crippen molar-refractivity contribution in [2.45, 2.75) is 38.0 Å². The average Bonchev–Trinajstić information content (AvgIpc) is 3.40. The lowest BCUT2D eigenvalue weighted by atomic mass is 9.89. The van der Waals surface area contributed by atoms with Gasteiger partial charge < -0.3 is 20.7 Å². The summed E-state index contributed by atoms with van der Waals surface area (Å²) in [4.78, 5) is 41.3. The quantitative estimate of drug-likeness (QED) is 0.116. The zero-order valence-electron chi connectivity index (χ0n) is 25.6. The first-order valence-corrected chi connectivity index (χ1v) is 16.8. The van der Waals surface area contributed by atoms with Crippen LogP contribution in [0.4, 0.5) is 10.7 Å². The van der Waals surface area contributed by atoms with Gasteiger partial charge in [0.25, 0.3) is 11.8 Å². The molecule has 0 bridgehead atoms. The molecule has 0 fully saturated rings. The van der Waals surface area contributed by atoms with E-state index in [4.69, 9.17) is 4.74 Å². The Balaban J connectivity index is 1.26. The highest BCUT2D eigenvalue weighted by Gasteiger charge is 2.24. The second kappa shape index (κ2) is 15.4. The molecule has 1 aromatic heterocycles. The number of anilines is 2. The van der Waals surface area contributed by atoms with E-state index < -0.39 is 11.8 Å². The Kier molecular flexibility index (Phi) is 10.9. The number of ether oxygens (including phenoxy) is 1. The smallest absolute Gasteiger partial charge is 0.272 e. The fraction of sp³-hybridized carbons (Fsp3) is 0.222. The van der Waals surface area contributed by atoms with Gasteiger partial charge in [0.05, 0.1) is 17.9 Å². The molecule has 5 rings (SSSR count). The van der Waals surface area contributed by atoms with E-state index in [9.17, 15) is 19.6 Å². The van der Waals surface area contributed by atoms with Crippen LogP contribution in [0.25, 0.3) is 6.08 Å². The van der Waals surface area contributed by atoms with Crippen molar-refractivity contribution < 1.29 is 19.1 Å². The van der Waals surface area contributed by atoms with E-state index in [1.807, 2.05) is 19.1 Å². The highest BCUT2D eigenvalue weighted by Crippen LogP contribution is 2.39. The molecule has 1 atom stereocenters. The van der Waals surface area contributed by atoms with E-state index in [1.54, 1.807) is 72.8 Å². The number of carbonyl (C=O) groups excluding carboxylic acids is 3. The molecule has 4 aromatic rings. The van der Waals surface area contributed by atoms with Crippen LogP contribution in [0.2, 0.25) is 0 Å². The number of nitriles is 1. The normalized spacial score (nSPS) is 14.0. The van der Waals surface area contributed by atoms with Gasteiger partial charge in [0.15, 0.2) is 0 Å². The van der Waals surface area contributed by atoms with Crippen LogP contribution in [0.1, 0.15) is 52.2 Å². The van der Waals surface area contributed by atoms with Gasteiger partial charge in [-0.25, -0.2) is 0 Å². The number of thioether (sulfide) groups is 1. The molecular formula is C36H34N4O4S2. The van der Waals surface area contributed by atoms with Crippen LogP contribution >= 0.6 is 23.1 Å². The molecule has 3 N–H and O–H groups in total.